The number of piperidine rings is 1. The molecule has 1 aliphatic rings. The molecule has 0 saturated carbocycles. The number of carbonyl (C=O) groups excluding carboxylic acids is 1. The van der Waals surface area contributed by atoms with Crippen LogP contribution in [0.3, 0.4) is 0 Å². The fourth-order valence-electron chi connectivity index (χ4n) is 5.67. The van der Waals surface area contributed by atoms with Crippen LogP contribution in [0, 0.1) is 6.92 Å². The number of rotatable bonds is 8. The van der Waals surface area contributed by atoms with Gasteiger partial charge in [-0.05, 0) is 81.9 Å². The molecular formula is C32H35BrClN5O4S. The molecule has 0 radical (unpaired) electrons. The van der Waals surface area contributed by atoms with Gasteiger partial charge in [0.1, 0.15) is 10.6 Å². The molecule has 1 fully saturated rings. The molecule has 3 aromatic carbocycles. The van der Waals surface area contributed by atoms with Gasteiger partial charge in [-0.1, -0.05) is 63.9 Å². The summed E-state index contributed by atoms with van der Waals surface area (Å²) in [5, 5.41) is -0.0398. The number of hydrogen-bond donors (Lipinski definition) is 0. The number of likely N-dealkylation sites (tertiary alicyclic amines) is 1. The van der Waals surface area contributed by atoms with Gasteiger partial charge in [0.15, 0.2) is 0 Å². The lowest BCUT2D eigenvalue weighted by atomic mass is 10.0. The standard InChI is InChI=1S/C32H35BrClN5O4S/c1-22-30(32(41)39(36(22)3)26-11-6-5-7-12-26)37(4)44(42,43)29-20-23(14-15-28(29)34)31(40)38(25-16-18-35(2)19-17-25)21-24-10-8-9-13-27(24)33/h5-15,20,25H,16-19,21H2,1-4H3. The van der Waals surface area contributed by atoms with Crippen LogP contribution in [-0.2, 0) is 23.6 Å². The Balaban J connectivity index is 1.53. The van der Waals surface area contributed by atoms with E-state index in [1.807, 2.05) is 35.2 Å². The molecule has 1 aliphatic heterocycles. The zero-order valence-electron chi connectivity index (χ0n) is 25.1. The predicted molar refractivity (Wildman–Crippen MR) is 177 cm³/mol. The number of benzene rings is 3. The van der Waals surface area contributed by atoms with Crippen LogP contribution >= 0.6 is 27.5 Å². The summed E-state index contributed by atoms with van der Waals surface area (Å²) < 4.78 is 33.0. The summed E-state index contributed by atoms with van der Waals surface area (Å²) >= 11 is 10.1. The van der Waals surface area contributed by atoms with Gasteiger partial charge in [-0.25, -0.2) is 13.1 Å². The van der Waals surface area contributed by atoms with E-state index in [0.29, 0.717) is 17.9 Å². The molecule has 2 heterocycles. The number of hydrogen-bond acceptors (Lipinski definition) is 5. The number of amides is 1. The minimum atomic E-state index is -4.34. The molecule has 5 rings (SSSR count). The second kappa shape index (κ2) is 12.9. The highest BCUT2D eigenvalue weighted by Crippen LogP contribution is 2.31. The van der Waals surface area contributed by atoms with Crippen LogP contribution in [0.5, 0.6) is 0 Å². The van der Waals surface area contributed by atoms with E-state index in [2.05, 4.69) is 27.9 Å². The highest BCUT2D eigenvalue weighted by molar-refractivity contribution is 9.10. The van der Waals surface area contributed by atoms with Gasteiger partial charge in [-0.3, -0.25) is 18.6 Å². The molecule has 4 aromatic rings. The maximum Gasteiger partial charge on any atom is 0.296 e. The van der Waals surface area contributed by atoms with Crippen LogP contribution in [0.25, 0.3) is 5.69 Å². The minimum Gasteiger partial charge on any atom is -0.331 e. The second-order valence-corrected chi connectivity index (χ2v) is 14.3. The number of aromatic nitrogens is 2. The molecule has 0 bridgehead atoms. The van der Waals surface area contributed by atoms with Gasteiger partial charge < -0.3 is 9.80 Å². The normalized spacial score (nSPS) is 14.5. The average Bonchev–Trinajstić information content (AvgIpc) is 3.23. The van der Waals surface area contributed by atoms with Gasteiger partial charge in [-0.2, -0.15) is 0 Å². The first-order valence-electron chi connectivity index (χ1n) is 14.3. The summed E-state index contributed by atoms with van der Waals surface area (Å²) in [7, 11) is 0.746. The minimum absolute atomic E-state index is 0.00831. The topological polar surface area (TPSA) is 87.9 Å². The van der Waals surface area contributed by atoms with E-state index in [4.69, 9.17) is 11.6 Å². The van der Waals surface area contributed by atoms with Crippen LogP contribution < -0.4 is 9.86 Å². The zero-order valence-corrected chi connectivity index (χ0v) is 28.2. The van der Waals surface area contributed by atoms with E-state index in [-0.39, 0.29) is 33.1 Å². The average molecular weight is 701 g/mol. The van der Waals surface area contributed by atoms with Crippen molar-refractivity contribution < 1.29 is 13.2 Å². The molecule has 9 nitrogen and oxygen atoms in total. The summed E-state index contributed by atoms with van der Waals surface area (Å²) in [6.07, 6.45) is 1.60. The van der Waals surface area contributed by atoms with Crippen molar-refractivity contribution in [2.24, 2.45) is 7.05 Å². The third kappa shape index (κ3) is 6.10. The van der Waals surface area contributed by atoms with Crippen LogP contribution in [0.15, 0.2) is 87.0 Å². The maximum atomic E-state index is 14.2. The summed E-state index contributed by atoms with van der Waals surface area (Å²) in [6.45, 7) is 3.76. The maximum absolute atomic E-state index is 14.2. The van der Waals surface area contributed by atoms with Crippen LogP contribution in [0.2, 0.25) is 5.02 Å². The van der Waals surface area contributed by atoms with Gasteiger partial charge in [0.05, 0.1) is 16.4 Å². The first kappa shape index (κ1) is 32.0. The van der Waals surface area contributed by atoms with E-state index in [9.17, 15) is 18.0 Å². The molecule has 1 saturated heterocycles. The smallest absolute Gasteiger partial charge is 0.296 e. The highest BCUT2D eigenvalue weighted by Gasteiger charge is 2.33. The van der Waals surface area contributed by atoms with Crippen molar-refractivity contribution in [2.45, 2.75) is 37.2 Å². The fourth-order valence-corrected chi connectivity index (χ4v) is 7.82. The van der Waals surface area contributed by atoms with Gasteiger partial charge >= 0.3 is 0 Å². The molecule has 0 unspecified atom stereocenters. The van der Waals surface area contributed by atoms with Crippen LogP contribution in [0.4, 0.5) is 5.69 Å². The lowest BCUT2D eigenvalue weighted by molar-refractivity contribution is 0.0569. The first-order valence-corrected chi connectivity index (χ1v) is 16.9. The van der Waals surface area contributed by atoms with Crippen LogP contribution in [-0.4, -0.2) is 66.7 Å². The summed E-state index contributed by atoms with van der Waals surface area (Å²) in [4.78, 5) is 31.6. The van der Waals surface area contributed by atoms with Crippen molar-refractivity contribution in [3.05, 3.63) is 109 Å². The van der Waals surface area contributed by atoms with Crippen molar-refractivity contribution in [1.29, 1.82) is 0 Å². The number of nitrogens with zero attached hydrogens (tertiary/aromatic N) is 5. The lowest BCUT2D eigenvalue weighted by Gasteiger charge is -2.37. The number of sulfonamides is 1. The molecule has 0 aliphatic carbocycles. The largest absolute Gasteiger partial charge is 0.331 e. The van der Waals surface area contributed by atoms with Crippen molar-refractivity contribution >= 4 is 49.1 Å². The highest BCUT2D eigenvalue weighted by atomic mass is 79.9. The summed E-state index contributed by atoms with van der Waals surface area (Å²) in [5.41, 5.74) is 1.72. The number of para-hydroxylation sites is 1. The third-order valence-electron chi connectivity index (χ3n) is 8.34. The van der Waals surface area contributed by atoms with Crippen molar-refractivity contribution in [3.8, 4) is 5.69 Å². The van der Waals surface area contributed by atoms with E-state index < -0.39 is 15.6 Å². The Labute approximate surface area is 271 Å². The Kier molecular flexibility index (Phi) is 9.41. The lowest BCUT2D eigenvalue weighted by Crippen LogP contribution is -2.46. The molecular weight excluding hydrogens is 666 g/mol. The Hall–Kier alpha value is -3.38. The van der Waals surface area contributed by atoms with Crippen molar-refractivity contribution in [2.75, 3.05) is 31.5 Å². The predicted octanol–water partition coefficient (Wildman–Crippen LogP) is 5.46. The molecule has 44 heavy (non-hydrogen) atoms. The Morgan fingerprint density at radius 3 is 2.30 bits per heavy atom. The fraction of sp³-hybridized carbons (Fsp3) is 0.312. The van der Waals surface area contributed by atoms with Crippen molar-refractivity contribution in [3.63, 3.8) is 0 Å². The number of carbonyl (C=O) groups is 1. The van der Waals surface area contributed by atoms with E-state index in [0.717, 1.165) is 40.3 Å². The van der Waals surface area contributed by atoms with Gasteiger partial charge in [0.25, 0.3) is 21.5 Å². The molecule has 0 spiro atoms. The van der Waals surface area contributed by atoms with E-state index in [1.54, 1.807) is 49.0 Å². The molecule has 1 amide bonds. The monoisotopic (exact) mass is 699 g/mol. The summed E-state index contributed by atoms with van der Waals surface area (Å²) in [6, 6.07) is 21.0. The second-order valence-electron chi connectivity index (χ2n) is 11.1. The van der Waals surface area contributed by atoms with Gasteiger partial charge in [0, 0.05) is 36.7 Å². The molecule has 232 valence electrons. The molecule has 12 heteroatoms. The quantitative estimate of drug-likeness (QED) is 0.244. The van der Waals surface area contributed by atoms with E-state index >= 15 is 0 Å². The van der Waals surface area contributed by atoms with Gasteiger partial charge in [0.2, 0.25) is 0 Å². The SMILES string of the molecule is Cc1c(N(C)S(=O)(=O)c2cc(C(=O)N(Cc3ccccc3Br)C3CCN(C)CC3)ccc2Cl)c(=O)n(-c2ccccc2)n1C. The number of anilines is 1. The molecule has 0 N–H and O–H groups in total. The summed E-state index contributed by atoms with van der Waals surface area (Å²) in [5.74, 6) is -0.284. The van der Waals surface area contributed by atoms with E-state index in [1.165, 1.54) is 23.9 Å². The van der Waals surface area contributed by atoms with Crippen molar-refractivity contribution in [1.82, 2.24) is 19.2 Å². The third-order valence-corrected chi connectivity index (χ3v) is 11.4. The Morgan fingerprint density at radius 1 is 1.00 bits per heavy atom. The van der Waals surface area contributed by atoms with Gasteiger partial charge in [-0.15, -0.1) is 0 Å². The molecule has 0 atom stereocenters. The zero-order chi connectivity index (χ0) is 31.8. The Bertz CT molecular complexity index is 1850. The Morgan fingerprint density at radius 2 is 1.64 bits per heavy atom. The van der Waals surface area contributed by atoms with Crippen LogP contribution in [0.1, 0.15) is 34.5 Å². The first-order chi connectivity index (χ1) is 20.9. The number of halogens is 2. The molecule has 1 aromatic heterocycles.